The van der Waals surface area contributed by atoms with E-state index in [1.807, 2.05) is 54.6 Å². The largest absolute Gasteiger partial charge is 0.493 e. The molecule has 0 fully saturated rings. The van der Waals surface area contributed by atoms with Crippen LogP contribution in [-0.2, 0) is 18.0 Å². The average molecular weight is 555 g/mol. The molecule has 4 aromatic carbocycles. The van der Waals surface area contributed by atoms with E-state index in [1.54, 1.807) is 49.6 Å². The predicted molar refractivity (Wildman–Crippen MR) is 155 cm³/mol. The summed E-state index contributed by atoms with van der Waals surface area (Å²) in [5.74, 6) is 1.62. The molecule has 0 saturated heterocycles. The SMILES string of the molecule is COc1cc(/C=C(\C#N)C(=O)Nc2ccccc2Cl)ccc1OCc1ccc(OCc2ccccc2)c(OC)c1. The second-order valence-electron chi connectivity index (χ2n) is 8.56. The van der Waals surface area contributed by atoms with Gasteiger partial charge in [-0.05, 0) is 59.2 Å². The Hall–Kier alpha value is -4.93. The predicted octanol–water partition coefficient (Wildman–Crippen LogP) is 7.06. The number of hydrogen-bond acceptors (Lipinski definition) is 6. The number of amides is 1. The van der Waals surface area contributed by atoms with Gasteiger partial charge in [-0.2, -0.15) is 5.26 Å². The van der Waals surface area contributed by atoms with Crippen LogP contribution in [0, 0.1) is 11.3 Å². The highest BCUT2D eigenvalue weighted by Crippen LogP contribution is 2.32. The number of ether oxygens (including phenoxy) is 4. The molecule has 7 nitrogen and oxygen atoms in total. The van der Waals surface area contributed by atoms with Crippen LogP contribution in [0.15, 0.2) is 96.6 Å². The van der Waals surface area contributed by atoms with E-state index in [1.165, 1.54) is 13.2 Å². The van der Waals surface area contributed by atoms with Crippen LogP contribution in [0.25, 0.3) is 6.08 Å². The summed E-state index contributed by atoms with van der Waals surface area (Å²) in [4.78, 5) is 12.6. The molecule has 0 radical (unpaired) electrons. The molecule has 40 heavy (non-hydrogen) atoms. The fraction of sp³-hybridized carbons (Fsp3) is 0.125. The van der Waals surface area contributed by atoms with E-state index in [-0.39, 0.29) is 12.2 Å². The first kappa shape index (κ1) is 28.1. The molecule has 4 rings (SSSR count). The molecule has 0 heterocycles. The number of benzene rings is 4. The molecule has 0 bridgehead atoms. The van der Waals surface area contributed by atoms with Gasteiger partial charge in [0.25, 0.3) is 5.91 Å². The van der Waals surface area contributed by atoms with Gasteiger partial charge < -0.3 is 24.3 Å². The van der Waals surface area contributed by atoms with Crippen LogP contribution in [0.5, 0.6) is 23.0 Å². The van der Waals surface area contributed by atoms with Crippen molar-refractivity contribution in [2.45, 2.75) is 13.2 Å². The fourth-order valence-electron chi connectivity index (χ4n) is 3.78. The lowest BCUT2D eigenvalue weighted by atomic mass is 10.1. The maximum absolute atomic E-state index is 12.6. The van der Waals surface area contributed by atoms with E-state index in [0.29, 0.717) is 45.9 Å². The molecular formula is C32H27ClN2O5. The number of carbonyl (C=O) groups excluding carboxylic acids is 1. The quantitative estimate of drug-likeness (QED) is 0.158. The second kappa shape index (κ2) is 13.7. The molecule has 0 atom stereocenters. The molecular weight excluding hydrogens is 528 g/mol. The summed E-state index contributed by atoms with van der Waals surface area (Å²) in [5, 5.41) is 12.6. The van der Waals surface area contributed by atoms with E-state index in [2.05, 4.69) is 5.32 Å². The smallest absolute Gasteiger partial charge is 0.266 e. The molecule has 1 amide bonds. The van der Waals surface area contributed by atoms with Gasteiger partial charge in [0, 0.05) is 0 Å². The minimum Gasteiger partial charge on any atom is -0.493 e. The highest BCUT2D eigenvalue weighted by atomic mass is 35.5. The lowest BCUT2D eigenvalue weighted by Crippen LogP contribution is -2.13. The third-order valence-electron chi connectivity index (χ3n) is 5.85. The number of hydrogen-bond donors (Lipinski definition) is 1. The first-order valence-corrected chi connectivity index (χ1v) is 12.7. The van der Waals surface area contributed by atoms with Gasteiger partial charge in [-0.1, -0.05) is 66.2 Å². The molecule has 8 heteroatoms. The van der Waals surface area contributed by atoms with Crippen LogP contribution in [0.2, 0.25) is 5.02 Å². The number of rotatable bonds is 11. The summed E-state index contributed by atoms with van der Waals surface area (Å²) in [6.07, 6.45) is 1.47. The zero-order valence-corrected chi connectivity index (χ0v) is 22.8. The van der Waals surface area contributed by atoms with Crippen molar-refractivity contribution in [3.8, 4) is 29.1 Å². The first-order valence-electron chi connectivity index (χ1n) is 12.3. The average Bonchev–Trinajstić information content (AvgIpc) is 2.99. The van der Waals surface area contributed by atoms with Gasteiger partial charge in [-0.3, -0.25) is 4.79 Å². The lowest BCUT2D eigenvalue weighted by Gasteiger charge is -2.14. The van der Waals surface area contributed by atoms with Crippen molar-refractivity contribution in [3.05, 3.63) is 118 Å². The zero-order valence-electron chi connectivity index (χ0n) is 22.0. The van der Waals surface area contributed by atoms with Crippen molar-refractivity contribution in [1.82, 2.24) is 0 Å². The Kier molecular flexibility index (Phi) is 9.65. The Bertz CT molecular complexity index is 1550. The molecule has 0 unspecified atom stereocenters. The van der Waals surface area contributed by atoms with Gasteiger partial charge in [-0.25, -0.2) is 0 Å². The summed E-state index contributed by atoms with van der Waals surface area (Å²) in [5.41, 5.74) is 2.86. The molecule has 0 saturated carbocycles. The number of nitrogens with zero attached hydrogens (tertiary/aromatic N) is 1. The third-order valence-corrected chi connectivity index (χ3v) is 6.17. The highest BCUT2D eigenvalue weighted by Gasteiger charge is 2.13. The van der Waals surface area contributed by atoms with Crippen LogP contribution in [-0.4, -0.2) is 20.1 Å². The molecule has 1 N–H and O–H groups in total. The van der Waals surface area contributed by atoms with Gasteiger partial charge in [0.05, 0.1) is 24.9 Å². The van der Waals surface area contributed by atoms with Gasteiger partial charge in [0.15, 0.2) is 23.0 Å². The maximum Gasteiger partial charge on any atom is 0.266 e. The number of carbonyl (C=O) groups is 1. The summed E-state index contributed by atoms with van der Waals surface area (Å²) in [6, 6.07) is 29.4. The second-order valence-corrected chi connectivity index (χ2v) is 8.97. The Morgan fingerprint density at radius 1 is 0.800 bits per heavy atom. The third kappa shape index (κ3) is 7.34. The van der Waals surface area contributed by atoms with Gasteiger partial charge >= 0.3 is 0 Å². The Morgan fingerprint density at radius 2 is 1.43 bits per heavy atom. The monoisotopic (exact) mass is 554 g/mol. The Morgan fingerprint density at radius 3 is 2.10 bits per heavy atom. The molecule has 0 spiro atoms. The minimum atomic E-state index is -0.569. The lowest BCUT2D eigenvalue weighted by molar-refractivity contribution is -0.112. The number of nitrogens with one attached hydrogen (secondary N) is 1. The molecule has 202 valence electrons. The summed E-state index contributed by atoms with van der Waals surface area (Å²) < 4.78 is 23.0. The van der Waals surface area contributed by atoms with Crippen molar-refractivity contribution < 1.29 is 23.7 Å². The summed E-state index contributed by atoms with van der Waals surface area (Å²) >= 11 is 6.11. The number of para-hydroxylation sites is 1. The van der Waals surface area contributed by atoms with E-state index < -0.39 is 5.91 Å². The molecule has 0 aliphatic carbocycles. The number of halogens is 1. The van der Waals surface area contributed by atoms with Crippen molar-refractivity contribution in [3.63, 3.8) is 0 Å². The Balaban J connectivity index is 1.43. The zero-order chi connectivity index (χ0) is 28.3. The number of nitriles is 1. The van der Waals surface area contributed by atoms with Crippen LogP contribution in [0.4, 0.5) is 5.69 Å². The minimum absolute atomic E-state index is 0.0858. The van der Waals surface area contributed by atoms with E-state index in [0.717, 1.165) is 11.1 Å². The Labute approximate surface area is 238 Å². The van der Waals surface area contributed by atoms with Crippen molar-refractivity contribution in [1.29, 1.82) is 5.26 Å². The summed E-state index contributed by atoms with van der Waals surface area (Å²) in [6.45, 7) is 0.685. The van der Waals surface area contributed by atoms with Crippen molar-refractivity contribution >= 4 is 29.3 Å². The van der Waals surface area contributed by atoms with Gasteiger partial charge in [0.2, 0.25) is 0 Å². The number of methoxy groups -OCH3 is 2. The first-order chi connectivity index (χ1) is 19.5. The molecule has 0 aliphatic heterocycles. The van der Waals surface area contributed by atoms with E-state index >= 15 is 0 Å². The van der Waals surface area contributed by atoms with E-state index in [4.69, 9.17) is 30.5 Å². The normalized spacial score (nSPS) is 10.8. The van der Waals surface area contributed by atoms with Crippen molar-refractivity contribution in [2.24, 2.45) is 0 Å². The van der Waals surface area contributed by atoms with Gasteiger partial charge in [0.1, 0.15) is 24.9 Å². The topological polar surface area (TPSA) is 89.8 Å². The van der Waals surface area contributed by atoms with Crippen LogP contribution in [0.3, 0.4) is 0 Å². The highest BCUT2D eigenvalue weighted by molar-refractivity contribution is 6.34. The van der Waals surface area contributed by atoms with Gasteiger partial charge in [-0.15, -0.1) is 0 Å². The maximum atomic E-state index is 12.6. The van der Waals surface area contributed by atoms with E-state index in [9.17, 15) is 10.1 Å². The molecule has 0 aromatic heterocycles. The van der Waals surface area contributed by atoms with Crippen molar-refractivity contribution in [2.75, 3.05) is 19.5 Å². The van der Waals surface area contributed by atoms with Crippen LogP contribution >= 0.6 is 11.6 Å². The molecule has 4 aromatic rings. The standard InChI is InChI=1S/C32H27ClN2O5/c1-37-30-17-23(16-25(19-34)32(36)35-27-11-7-6-10-26(27)33)12-14-28(30)40-21-24-13-15-29(31(18-24)38-2)39-20-22-8-4-3-5-9-22/h3-18H,20-21H2,1-2H3,(H,35,36)/b25-16+. The van der Waals surface area contributed by atoms with Crippen LogP contribution < -0.4 is 24.3 Å². The summed E-state index contributed by atoms with van der Waals surface area (Å²) in [7, 11) is 3.11. The number of anilines is 1. The van der Waals surface area contributed by atoms with Crippen LogP contribution in [0.1, 0.15) is 16.7 Å². The molecule has 0 aliphatic rings. The fourth-order valence-corrected chi connectivity index (χ4v) is 3.96.